The number of hydrogen-bond donors (Lipinski definition) is 1. The van der Waals surface area contributed by atoms with Crippen LogP contribution in [-0.2, 0) is 6.42 Å². The number of aryl methyl sites for hydroxylation is 1. The molecule has 5 heteroatoms. The quantitative estimate of drug-likeness (QED) is 0.554. The Bertz CT molecular complexity index is 1220. The predicted molar refractivity (Wildman–Crippen MR) is 124 cm³/mol. The highest BCUT2D eigenvalue weighted by Gasteiger charge is 2.28. The number of para-hydroxylation sites is 1. The fraction of sp³-hybridized carbons (Fsp3) is 0.231. The summed E-state index contributed by atoms with van der Waals surface area (Å²) in [7, 11) is 0. The van der Waals surface area contributed by atoms with Crippen LogP contribution in [0.2, 0.25) is 0 Å². The van der Waals surface area contributed by atoms with Gasteiger partial charge in [0, 0.05) is 50.2 Å². The molecule has 3 heterocycles. The number of fused-ring (bicyclic) bond motifs is 1. The van der Waals surface area contributed by atoms with Crippen LogP contribution < -0.4 is 5.32 Å². The zero-order valence-electron chi connectivity index (χ0n) is 17.7. The number of pyridine rings is 1. The molecule has 5 rings (SSSR count). The number of rotatable bonds is 4. The molecule has 156 valence electrons. The number of nitrogens with one attached hydrogen (secondary N) is 1. The van der Waals surface area contributed by atoms with E-state index in [2.05, 4.69) is 64.3 Å². The molecule has 2 aromatic heterocycles. The molecular weight excluding hydrogens is 384 g/mol. The third-order valence-electron chi connectivity index (χ3n) is 6.07. The smallest absolute Gasteiger partial charge is 0.258 e. The molecule has 1 amide bonds. The zero-order chi connectivity index (χ0) is 21.2. The lowest BCUT2D eigenvalue weighted by molar-refractivity contribution is 0.0736. The second-order valence-electron chi connectivity index (χ2n) is 8.01. The van der Waals surface area contributed by atoms with E-state index in [4.69, 9.17) is 0 Å². The van der Waals surface area contributed by atoms with Crippen molar-refractivity contribution in [2.24, 2.45) is 0 Å². The highest BCUT2D eigenvalue weighted by molar-refractivity contribution is 6.07. The Morgan fingerprint density at radius 2 is 1.71 bits per heavy atom. The second kappa shape index (κ2) is 8.36. The number of nitrogens with zero attached hydrogens (tertiary/aromatic N) is 3. The minimum atomic E-state index is 0.0727. The molecule has 1 saturated heterocycles. The van der Waals surface area contributed by atoms with Crippen molar-refractivity contribution in [3.05, 3.63) is 95.3 Å². The van der Waals surface area contributed by atoms with Crippen LogP contribution in [0.4, 0.5) is 0 Å². The summed E-state index contributed by atoms with van der Waals surface area (Å²) < 4.78 is 2.21. The minimum absolute atomic E-state index is 0.0727. The molecule has 0 radical (unpaired) electrons. The molecule has 0 spiro atoms. The van der Waals surface area contributed by atoms with Crippen LogP contribution in [0.3, 0.4) is 0 Å². The average Bonchev–Trinajstić information content (AvgIpc) is 3.15. The number of aromatic nitrogens is 2. The SMILES string of the molecule is Cc1ccccc1Cc1c(C(=O)N2CCNCC2)c2ncccc2n1-c1ccccc1. The van der Waals surface area contributed by atoms with Crippen LogP contribution in [0.25, 0.3) is 16.7 Å². The molecule has 0 bridgehead atoms. The van der Waals surface area contributed by atoms with Gasteiger partial charge in [-0.25, -0.2) is 0 Å². The fourth-order valence-electron chi connectivity index (χ4n) is 4.44. The number of carbonyl (C=O) groups is 1. The Morgan fingerprint density at radius 3 is 2.48 bits per heavy atom. The first-order chi connectivity index (χ1) is 15.2. The summed E-state index contributed by atoms with van der Waals surface area (Å²) >= 11 is 0. The van der Waals surface area contributed by atoms with E-state index in [9.17, 15) is 4.79 Å². The highest BCUT2D eigenvalue weighted by atomic mass is 16.2. The van der Waals surface area contributed by atoms with Crippen molar-refractivity contribution >= 4 is 16.9 Å². The Morgan fingerprint density at radius 1 is 0.968 bits per heavy atom. The third-order valence-corrected chi connectivity index (χ3v) is 6.07. The summed E-state index contributed by atoms with van der Waals surface area (Å²) in [4.78, 5) is 20.4. The van der Waals surface area contributed by atoms with Gasteiger partial charge in [0.05, 0.1) is 11.1 Å². The Kier molecular flexibility index (Phi) is 5.26. The average molecular weight is 411 g/mol. The largest absolute Gasteiger partial charge is 0.336 e. The number of amides is 1. The van der Waals surface area contributed by atoms with Crippen molar-refractivity contribution in [2.45, 2.75) is 13.3 Å². The lowest BCUT2D eigenvalue weighted by Crippen LogP contribution is -2.46. The van der Waals surface area contributed by atoms with Crippen LogP contribution in [0.15, 0.2) is 72.9 Å². The number of benzene rings is 2. The van der Waals surface area contributed by atoms with E-state index in [1.165, 1.54) is 11.1 Å². The van der Waals surface area contributed by atoms with Crippen molar-refractivity contribution in [3.63, 3.8) is 0 Å². The van der Waals surface area contributed by atoms with Gasteiger partial charge in [-0.3, -0.25) is 9.78 Å². The third kappa shape index (κ3) is 3.62. The molecule has 0 atom stereocenters. The summed E-state index contributed by atoms with van der Waals surface area (Å²) in [5, 5.41) is 3.34. The Labute approximate surface area is 182 Å². The molecule has 1 aliphatic heterocycles. The summed E-state index contributed by atoms with van der Waals surface area (Å²) in [6, 6.07) is 22.7. The first-order valence-corrected chi connectivity index (χ1v) is 10.8. The molecule has 4 aromatic rings. The lowest BCUT2D eigenvalue weighted by Gasteiger charge is -2.27. The number of piperazine rings is 1. The van der Waals surface area contributed by atoms with Crippen LogP contribution in [0, 0.1) is 6.92 Å². The van der Waals surface area contributed by atoms with E-state index in [1.807, 2.05) is 29.2 Å². The maximum Gasteiger partial charge on any atom is 0.258 e. The summed E-state index contributed by atoms with van der Waals surface area (Å²) in [5.41, 5.74) is 6.96. The molecule has 0 unspecified atom stereocenters. The molecule has 0 saturated carbocycles. The topological polar surface area (TPSA) is 50.2 Å². The minimum Gasteiger partial charge on any atom is -0.336 e. The van der Waals surface area contributed by atoms with Crippen molar-refractivity contribution in [2.75, 3.05) is 26.2 Å². The normalized spacial score (nSPS) is 14.2. The second-order valence-corrected chi connectivity index (χ2v) is 8.01. The Hall–Kier alpha value is -3.44. The molecule has 31 heavy (non-hydrogen) atoms. The monoisotopic (exact) mass is 410 g/mol. The van der Waals surface area contributed by atoms with Gasteiger partial charge in [0.1, 0.15) is 5.52 Å². The van der Waals surface area contributed by atoms with Gasteiger partial charge in [-0.1, -0.05) is 42.5 Å². The van der Waals surface area contributed by atoms with Crippen LogP contribution in [-0.4, -0.2) is 46.5 Å². The maximum absolute atomic E-state index is 13.8. The van der Waals surface area contributed by atoms with Gasteiger partial charge < -0.3 is 14.8 Å². The van der Waals surface area contributed by atoms with Crippen LogP contribution >= 0.6 is 0 Å². The number of hydrogen-bond acceptors (Lipinski definition) is 3. The molecule has 1 N–H and O–H groups in total. The van der Waals surface area contributed by atoms with E-state index in [1.54, 1.807) is 6.20 Å². The van der Waals surface area contributed by atoms with Gasteiger partial charge in [-0.15, -0.1) is 0 Å². The summed E-state index contributed by atoms with van der Waals surface area (Å²) in [6.45, 7) is 5.20. The standard InChI is InChI=1S/C26H26N4O/c1-19-8-5-6-9-20(19)18-23-24(26(31)29-16-14-27-15-17-29)25-22(12-7-13-28-25)30(23)21-10-3-2-4-11-21/h2-13,27H,14-18H2,1H3. The van der Waals surface area contributed by atoms with Crippen molar-refractivity contribution in [1.29, 1.82) is 0 Å². The lowest BCUT2D eigenvalue weighted by atomic mass is 10.0. The van der Waals surface area contributed by atoms with E-state index in [0.29, 0.717) is 19.5 Å². The molecule has 2 aromatic carbocycles. The summed E-state index contributed by atoms with van der Waals surface area (Å²) in [6.07, 6.45) is 2.45. The van der Waals surface area contributed by atoms with Crippen molar-refractivity contribution < 1.29 is 4.79 Å². The molecule has 0 aliphatic carbocycles. The maximum atomic E-state index is 13.8. The van der Waals surface area contributed by atoms with Crippen molar-refractivity contribution in [3.8, 4) is 5.69 Å². The van der Waals surface area contributed by atoms with Gasteiger partial charge >= 0.3 is 0 Å². The zero-order valence-corrected chi connectivity index (χ0v) is 17.7. The first-order valence-electron chi connectivity index (χ1n) is 10.8. The van der Waals surface area contributed by atoms with E-state index < -0.39 is 0 Å². The van der Waals surface area contributed by atoms with Crippen molar-refractivity contribution in [1.82, 2.24) is 19.8 Å². The van der Waals surface area contributed by atoms with Crippen LogP contribution in [0.1, 0.15) is 27.2 Å². The number of carbonyl (C=O) groups excluding carboxylic acids is 1. The summed E-state index contributed by atoms with van der Waals surface area (Å²) in [5.74, 6) is 0.0727. The van der Waals surface area contributed by atoms with Gasteiger partial charge in [0.15, 0.2) is 0 Å². The van der Waals surface area contributed by atoms with E-state index in [0.717, 1.165) is 41.1 Å². The van der Waals surface area contributed by atoms with E-state index in [-0.39, 0.29) is 5.91 Å². The van der Waals surface area contributed by atoms with Gasteiger partial charge in [0.2, 0.25) is 0 Å². The fourth-order valence-corrected chi connectivity index (χ4v) is 4.44. The van der Waals surface area contributed by atoms with E-state index >= 15 is 0 Å². The first kappa shape index (κ1) is 19.5. The highest BCUT2D eigenvalue weighted by Crippen LogP contribution is 2.31. The predicted octanol–water partition coefficient (Wildman–Crippen LogP) is 3.97. The van der Waals surface area contributed by atoms with Crippen LogP contribution in [0.5, 0.6) is 0 Å². The molecule has 1 fully saturated rings. The molecular formula is C26H26N4O. The Balaban J connectivity index is 1.76. The molecule has 1 aliphatic rings. The molecule has 5 nitrogen and oxygen atoms in total. The van der Waals surface area contributed by atoms with Gasteiger partial charge in [0.25, 0.3) is 5.91 Å². The van der Waals surface area contributed by atoms with Gasteiger partial charge in [-0.2, -0.15) is 0 Å². The van der Waals surface area contributed by atoms with Gasteiger partial charge in [-0.05, 0) is 42.3 Å².